The lowest BCUT2D eigenvalue weighted by molar-refractivity contribution is -0.148. The van der Waals surface area contributed by atoms with E-state index in [2.05, 4.69) is 4.98 Å². The molecule has 2 heterocycles. The standard InChI is InChI=1S/C13H17FN2O2/c1-2-18-13(17)10-6-8-16(9-7-10)12-5-3-4-11(14)15-12/h3-5,10H,2,6-9H2,1H3. The third-order valence-electron chi connectivity index (χ3n) is 3.14. The molecule has 1 aromatic heterocycles. The smallest absolute Gasteiger partial charge is 0.309 e. The summed E-state index contributed by atoms with van der Waals surface area (Å²) in [5.41, 5.74) is 0. The van der Waals surface area contributed by atoms with E-state index >= 15 is 0 Å². The molecule has 5 heteroatoms. The van der Waals surface area contributed by atoms with Crippen molar-refractivity contribution in [2.45, 2.75) is 19.8 Å². The first kappa shape index (κ1) is 12.8. The first-order valence-corrected chi connectivity index (χ1v) is 6.25. The summed E-state index contributed by atoms with van der Waals surface area (Å²) < 4.78 is 18.0. The predicted molar refractivity (Wildman–Crippen MR) is 65.8 cm³/mol. The number of carbonyl (C=O) groups excluding carboxylic acids is 1. The van der Waals surface area contributed by atoms with Crippen LogP contribution in [0.25, 0.3) is 0 Å². The van der Waals surface area contributed by atoms with E-state index < -0.39 is 5.95 Å². The summed E-state index contributed by atoms with van der Waals surface area (Å²) in [5.74, 6) is 0.0106. The summed E-state index contributed by atoms with van der Waals surface area (Å²) >= 11 is 0. The molecule has 0 amide bonds. The van der Waals surface area contributed by atoms with Crippen LogP contribution in [0.4, 0.5) is 10.2 Å². The molecule has 0 aliphatic carbocycles. The molecule has 0 unspecified atom stereocenters. The first-order chi connectivity index (χ1) is 8.70. The van der Waals surface area contributed by atoms with Gasteiger partial charge in [0.15, 0.2) is 0 Å². The number of ether oxygens (including phenoxy) is 1. The Morgan fingerprint density at radius 3 is 2.83 bits per heavy atom. The van der Waals surface area contributed by atoms with Crippen LogP contribution in [0.2, 0.25) is 0 Å². The molecule has 0 atom stereocenters. The predicted octanol–water partition coefficient (Wildman–Crippen LogP) is 2.00. The minimum atomic E-state index is -0.472. The quantitative estimate of drug-likeness (QED) is 0.609. The number of nitrogens with zero attached hydrogens (tertiary/aromatic N) is 2. The number of aromatic nitrogens is 1. The van der Waals surface area contributed by atoms with E-state index in [-0.39, 0.29) is 11.9 Å². The van der Waals surface area contributed by atoms with Gasteiger partial charge in [0.05, 0.1) is 12.5 Å². The van der Waals surface area contributed by atoms with E-state index in [0.717, 1.165) is 12.8 Å². The maximum atomic E-state index is 13.0. The largest absolute Gasteiger partial charge is 0.466 e. The van der Waals surface area contributed by atoms with E-state index in [0.29, 0.717) is 25.5 Å². The van der Waals surface area contributed by atoms with Gasteiger partial charge < -0.3 is 9.64 Å². The van der Waals surface area contributed by atoms with Gasteiger partial charge in [-0.1, -0.05) is 6.07 Å². The zero-order valence-electron chi connectivity index (χ0n) is 10.4. The maximum Gasteiger partial charge on any atom is 0.309 e. The SMILES string of the molecule is CCOC(=O)C1CCN(c2cccc(F)n2)CC1. The highest BCUT2D eigenvalue weighted by Gasteiger charge is 2.26. The third kappa shape index (κ3) is 2.97. The summed E-state index contributed by atoms with van der Waals surface area (Å²) in [4.78, 5) is 17.4. The van der Waals surface area contributed by atoms with E-state index in [1.165, 1.54) is 6.07 Å². The Morgan fingerprint density at radius 2 is 2.22 bits per heavy atom. The molecular weight excluding hydrogens is 235 g/mol. The van der Waals surface area contributed by atoms with Crippen LogP contribution in [0.1, 0.15) is 19.8 Å². The van der Waals surface area contributed by atoms with E-state index in [4.69, 9.17) is 4.74 Å². The number of rotatable bonds is 3. The number of halogens is 1. The van der Waals surface area contributed by atoms with Gasteiger partial charge in [0, 0.05) is 13.1 Å². The Morgan fingerprint density at radius 1 is 1.50 bits per heavy atom. The molecule has 0 spiro atoms. The average Bonchev–Trinajstić information content (AvgIpc) is 2.39. The van der Waals surface area contributed by atoms with Crippen LogP contribution in [0.3, 0.4) is 0 Å². The Hall–Kier alpha value is -1.65. The molecule has 0 bridgehead atoms. The number of piperidine rings is 1. The number of hydrogen-bond acceptors (Lipinski definition) is 4. The number of esters is 1. The van der Waals surface area contributed by atoms with Crippen LogP contribution < -0.4 is 4.90 Å². The minimum Gasteiger partial charge on any atom is -0.466 e. The second-order valence-corrected chi connectivity index (χ2v) is 4.33. The molecule has 0 N–H and O–H groups in total. The van der Waals surface area contributed by atoms with Crippen LogP contribution >= 0.6 is 0 Å². The van der Waals surface area contributed by atoms with Crippen molar-refractivity contribution in [3.05, 3.63) is 24.1 Å². The van der Waals surface area contributed by atoms with Crippen molar-refractivity contribution in [3.63, 3.8) is 0 Å². The summed E-state index contributed by atoms with van der Waals surface area (Å²) in [6.07, 6.45) is 1.47. The highest BCUT2D eigenvalue weighted by Crippen LogP contribution is 2.22. The fourth-order valence-corrected chi connectivity index (χ4v) is 2.18. The molecule has 1 aliphatic rings. The van der Waals surface area contributed by atoms with Crippen LogP contribution in [0, 0.1) is 11.9 Å². The Labute approximate surface area is 106 Å². The Kier molecular flexibility index (Phi) is 4.12. The van der Waals surface area contributed by atoms with Gasteiger partial charge in [0.2, 0.25) is 5.95 Å². The number of anilines is 1. The normalized spacial score (nSPS) is 16.7. The molecule has 0 aromatic carbocycles. The van der Waals surface area contributed by atoms with E-state index in [9.17, 15) is 9.18 Å². The summed E-state index contributed by atoms with van der Waals surface area (Å²) in [6, 6.07) is 4.76. The fourth-order valence-electron chi connectivity index (χ4n) is 2.18. The molecular formula is C13H17FN2O2. The second-order valence-electron chi connectivity index (χ2n) is 4.33. The van der Waals surface area contributed by atoms with Crippen molar-refractivity contribution < 1.29 is 13.9 Å². The fraction of sp³-hybridized carbons (Fsp3) is 0.538. The zero-order chi connectivity index (χ0) is 13.0. The van der Waals surface area contributed by atoms with E-state index in [1.807, 2.05) is 11.8 Å². The van der Waals surface area contributed by atoms with Crippen molar-refractivity contribution in [1.29, 1.82) is 0 Å². The van der Waals surface area contributed by atoms with Crippen molar-refractivity contribution in [3.8, 4) is 0 Å². The molecule has 0 radical (unpaired) electrons. The van der Waals surface area contributed by atoms with Gasteiger partial charge in [-0.3, -0.25) is 4.79 Å². The van der Waals surface area contributed by atoms with Crippen LogP contribution in [0.15, 0.2) is 18.2 Å². The summed E-state index contributed by atoms with van der Waals surface area (Å²) in [6.45, 7) is 3.65. The zero-order valence-corrected chi connectivity index (χ0v) is 10.4. The lowest BCUT2D eigenvalue weighted by Gasteiger charge is -2.31. The molecule has 1 aromatic rings. The minimum absolute atomic E-state index is 0.0326. The highest BCUT2D eigenvalue weighted by molar-refractivity contribution is 5.72. The molecule has 18 heavy (non-hydrogen) atoms. The van der Waals surface area contributed by atoms with Gasteiger partial charge in [-0.15, -0.1) is 0 Å². The second kappa shape index (κ2) is 5.80. The van der Waals surface area contributed by atoms with Gasteiger partial charge in [-0.25, -0.2) is 4.98 Å². The highest BCUT2D eigenvalue weighted by atomic mass is 19.1. The van der Waals surface area contributed by atoms with Gasteiger partial charge in [-0.05, 0) is 31.9 Å². The van der Waals surface area contributed by atoms with Gasteiger partial charge in [0.1, 0.15) is 5.82 Å². The molecule has 0 saturated carbocycles. The van der Waals surface area contributed by atoms with Gasteiger partial charge >= 0.3 is 5.97 Å². The first-order valence-electron chi connectivity index (χ1n) is 6.25. The average molecular weight is 252 g/mol. The van der Waals surface area contributed by atoms with Gasteiger partial charge in [0.25, 0.3) is 0 Å². The number of pyridine rings is 1. The van der Waals surface area contributed by atoms with E-state index in [1.54, 1.807) is 12.1 Å². The Balaban J connectivity index is 1.92. The molecule has 1 fully saturated rings. The Bertz CT molecular complexity index is 417. The summed E-state index contributed by atoms with van der Waals surface area (Å²) in [5, 5.41) is 0. The third-order valence-corrected chi connectivity index (χ3v) is 3.14. The molecule has 1 saturated heterocycles. The maximum absolute atomic E-state index is 13.0. The van der Waals surface area contributed by atoms with Crippen LogP contribution in [-0.4, -0.2) is 30.6 Å². The molecule has 4 nitrogen and oxygen atoms in total. The molecule has 1 aliphatic heterocycles. The monoisotopic (exact) mass is 252 g/mol. The lowest BCUT2D eigenvalue weighted by Crippen LogP contribution is -2.37. The van der Waals surface area contributed by atoms with Gasteiger partial charge in [-0.2, -0.15) is 4.39 Å². The van der Waals surface area contributed by atoms with Crippen molar-refractivity contribution in [2.24, 2.45) is 5.92 Å². The number of hydrogen-bond donors (Lipinski definition) is 0. The van der Waals surface area contributed by atoms with Crippen molar-refractivity contribution >= 4 is 11.8 Å². The lowest BCUT2D eigenvalue weighted by atomic mass is 9.97. The molecule has 2 rings (SSSR count). The number of carbonyl (C=O) groups is 1. The summed E-state index contributed by atoms with van der Waals surface area (Å²) in [7, 11) is 0. The van der Waals surface area contributed by atoms with Crippen molar-refractivity contribution in [1.82, 2.24) is 4.98 Å². The topological polar surface area (TPSA) is 42.4 Å². The molecule has 98 valence electrons. The van der Waals surface area contributed by atoms with Crippen LogP contribution in [0.5, 0.6) is 0 Å². The van der Waals surface area contributed by atoms with Crippen LogP contribution in [-0.2, 0) is 9.53 Å². The van der Waals surface area contributed by atoms with Crippen molar-refractivity contribution in [2.75, 3.05) is 24.6 Å².